The Bertz CT molecular complexity index is 640. The molecule has 5 nitrogen and oxygen atoms in total. The predicted octanol–water partition coefficient (Wildman–Crippen LogP) is 2.51. The quantitative estimate of drug-likeness (QED) is 0.897. The molecule has 0 bridgehead atoms. The molecular formula is C14H12FNO4. The number of rotatable bonds is 4. The van der Waals surface area contributed by atoms with Crippen LogP contribution < -0.4 is 4.74 Å². The van der Waals surface area contributed by atoms with Gasteiger partial charge in [0.15, 0.2) is 11.4 Å². The molecule has 1 heterocycles. The summed E-state index contributed by atoms with van der Waals surface area (Å²) in [4.78, 5) is 14.5. The number of halogens is 1. The van der Waals surface area contributed by atoms with Crippen molar-refractivity contribution in [3.63, 3.8) is 0 Å². The van der Waals surface area contributed by atoms with E-state index in [0.717, 1.165) is 0 Å². The molecule has 0 spiro atoms. The summed E-state index contributed by atoms with van der Waals surface area (Å²) >= 11 is 0. The van der Waals surface area contributed by atoms with Gasteiger partial charge in [0, 0.05) is 17.3 Å². The molecule has 2 rings (SSSR count). The van der Waals surface area contributed by atoms with Crippen LogP contribution in [0.3, 0.4) is 0 Å². The van der Waals surface area contributed by atoms with Crippen LogP contribution in [0, 0.1) is 12.7 Å². The fourth-order valence-corrected chi connectivity index (χ4v) is 1.62. The molecule has 0 saturated heterocycles. The smallest absolute Gasteiger partial charge is 0.358 e. The van der Waals surface area contributed by atoms with Gasteiger partial charge < -0.3 is 14.9 Å². The van der Waals surface area contributed by atoms with Crippen LogP contribution in [0.4, 0.5) is 4.39 Å². The van der Waals surface area contributed by atoms with E-state index < -0.39 is 11.7 Å². The number of aromatic hydroxyl groups is 1. The van der Waals surface area contributed by atoms with Crippen LogP contribution in [0.25, 0.3) is 0 Å². The summed E-state index contributed by atoms with van der Waals surface area (Å²) in [6.07, 6.45) is 1.34. The van der Waals surface area contributed by atoms with Crippen molar-refractivity contribution in [2.24, 2.45) is 0 Å². The van der Waals surface area contributed by atoms with Gasteiger partial charge in [-0.3, -0.25) is 0 Å². The Morgan fingerprint density at radius 2 is 2.00 bits per heavy atom. The summed E-state index contributed by atoms with van der Waals surface area (Å²) in [7, 11) is 0. The van der Waals surface area contributed by atoms with E-state index in [4.69, 9.17) is 9.84 Å². The maximum absolute atomic E-state index is 12.7. The lowest BCUT2D eigenvalue weighted by Crippen LogP contribution is -2.06. The van der Waals surface area contributed by atoms with Crippen molar-refractivity contribution in [3.05, 3.63) is 53.1 Å². The lowest BCUT2D eigenvalue weighted by atomic mass is 10.1. The van der Waals surface area contributed by atoms with Gasteiger partial charge in [-0.05, 0) is 31.2 Å². The number of ether oxygens (including phenoxy) is 1. The zero-order chi connectivity index (χ0) is 14.7. The number of aromatic nitrogens is 1. The maximum atomic E-state index is 12.7. The minimum absolute atomic E-state index is 0.0952. The van der Waals surface area contributed by atoms with E-state index in [1.54, 1.807) is 6.92 Å². The summed E-state index contributed by atoms with van der Waals surface area (Å²) in [6, 6.07) is 5.49. The molecule has 0 unspecified atom stereocenters. The number of carboxylic acid groups (broad SMARTS) is 1. The molecule has 0 fully saturated rings. The van der Waals surface area contributed by atoms with E-state index in [2.05, 4.69) is 4.98 Å². The van der Waals surface area contributed by atoms with Gasteiger partial charge >= 0.3 is 5.97 Å². The van der Waals surface area contributed by atoms with Crippen molar-refractivity contribution in [2.45, 2.75) is 13.5 Å². The van der Waals surface area contributed by atoms with Crippen LogP contribution in [0.2, 0.25) is 0 Å². The number of hydrogen-bond acceptors (Lipinski definition) is 4. The Balaban J connectivity index is 2.16. The van der Waals surface area contributed by atoms with Gasteiger partial charge in [0.05, 0.1) is 0 Å². The van der Waals surface area contributed by atoms with Crippen molar-refractivity contribution in [3.8, 4) is 11.5 Å². The highest BCUT2D eigenvalue weighted by Crippen LogP contribution is 2.24. The molecule has 2 N–H and O–H groups in total. The minimum atomic E-state index is -1.29. The molecule has 1 aromatic heterocycles. The number of hydrogen-bond donors (Lipinski definition) is 2. The molecule has 0 aliphatic rings. The van der Waals surface area contributed by atoms with E-state index in [1.807, 2.05) is 0 Å². The lowest BCUT2D eigenvalue weighted by Gasteiger charge is -2.10. The van der Waals surface area contributed by atoms with E-state index in [9.17, 15) is 14.3 Å². The maximum Gasteiger partial charge on any atom is 0.358 e. The van der Waals surface area contributed by atoms with Crippen LogP contribution in [0.5, 0.6) is 11.5 Å². The summed E-state index contributed by atoms with van der Waals surface area (Å²) in [5.74, 6) is -1.57. The molecule has 0 radical (unpaired) electrons. The number of carboxylic acids is 1. The first-order chi connectivity index (χ1) is 9.49. The van der Waals surface area contributed by atoms with Gasteiger partial charge in [0.1, 0.15) is 18.2 Å². The first kappa shape index (κ1) is 13.8. The molecule has 0 saturated carbocycles. The van der Waals surface area contributed by atoms with Crippen LogP contribution in [0.1, 0.15) is 21.6 Å². The van der Waals surface area contributed by atoms with Gasteiger partial charge in [-0.15, -0.1) is 0 Å². The third-order valence-corrected chi connectivity index (χ3v) is 2.82. The normalized spacial score (nSPS) is 10.3. The molecule has 104 valence electrons. The van der Waals surface area contributed by atoms with Crippen LogP contribution in [-0.2, 0) is 6.61 Å². The second kappa shape index (κ2) is 5.56. The van der Waals surface area contributed by atoms with E-state index >= 15 is 0 Å². The molecule has 0 aliphatic carbocycles. The Kier molecular flexibility index (Phi) is 3.84. The van der Waals surface area contributed by atoms with Crippen LogP contribution in [0.15, 0.2) is 30.5 Å². The second-order valence-electron chi connectivity index (χ2n) is 4.15. The standard InChI is InChI=1S/C14H12FNO4/c1-8-9(6-16-12(13(8)17)14(18)19)7-20-11-4-2-10(15)3-5-11/h2-6,17H,7H2,1H3,(H,18,19). The van der Waals surface area contributed by atoms with Gasteiger partial charge in [-0.1, -0.05) is 0 Å². The van der Waals surface area contributed by atoms with Crippen molar-refractivity contribution in [1.29, 1.82) is 0 Å². The van der Waals surface area contributed by atoms with E-state index in [0.29, 0.717) is 16.9 Å². The molecule has 1 aromatic carbocycles. The van der Waals surface area contributed by atoms with Gasteiger partial charge in [0.2, 0.25) is 0 Å². The molecule has 0 atom stereocenters. The molecule has 6 heteroatoms. The summed E-state index contributed by atoms with van der Waals surface area (Å²) in [5, 5.41) is 18.6. The Morgan fingerprint density at radius 1 is 1.35 bits per heavy atom. The van der Waals surface area contributed by atoms with Crippen molar-refractivity contribution in [1.82, 2.24) is 4.98 Å². The molecule has 0 amide bonds. The number of aromatic carboxylic acids is 1. The van der Waals surface area contributed by atoms with Crippen LogP contribution >= 0.6 is 0 Å². The second-order valence-corrected chi connectivity index (χ2v) is 4.15. The van der Waals surface area contributed by atoms with Crippen molar-refractivity contribution >= 4 is 5.97 Å². The highest BCUT2D eigenvalue weighted by molar-refractivity contribution is 5.89. The summed E-state index contributed by atoms with van der Waals surface area (Å²) in [5.41, 5.74) is 0.546. The summed E-state index contributed by atoms with van der Waals surface area (Å²) in [6.45, 7) is 1.67. The van der Waals surface area contributed by atoms with Gasteiger partial charge in [0.25, 0.3) is 0 Å². The molecule has 20 heavy (non-hydrogen) atoms. The third kappa shape index (κ3) is 2.85. The van der Waals surface area contributed by atoms with Crippen molar-refractivity contribution < 1.29 is 24.1 Å². The molecule has 0 aliphatic heterocycles. The fraction of sp³-hybridized carbons (Fsp3) is 0.143. The number of nitrogens with zero attached hydrogens (tertiary/aromatic N) is 1. The van der Waals surface area contributed by atoms with E-state index in [-0.39, 0.29) is 18.2 Å². The Hall–Kier alpha value is -2.63. The molecule has 2 aromatic rings. The first-order valence-corrected chi connectivity index (χ1v) is 5.78. The minimum Gasteiger partial charge on any atom is -0.505 e. The zero-order valence-electron chi connectivity index (χ0n) is 10.6. The lowest BCUT2D eigenvalue weighted by molar-refractivity contribution is 0.0686. The average molecular weight is 277 g/mol. The Labute approximate surface area is 114 Å². The monoisotopic (exact) mass is 277 g/mol. The topological polar surface area (TPSA) is 79.7 Å². The van der Waals surface area contributed by atoms with Gasteiger partial charge in [-0.25, -0.2) is 14.2 Å². The number of carbonyl (C=O) groups is 1. The first-order valence-electron chi connectivity index (χ1n) is 5.78. The fourth-order valence-electron chi connectivity index (χ4n) is 1.62. The SMILES string of the molecule is Cc1c(COc2ccc(F)cc2)cnc(C(=O)O)c1O. The Morgan fingerprint density at radius 3 is 2.60 bits per heavy atom. The van der Waals surface area contributed by atoms with E-state index in [1.165, 1.54) is 30.5 Å². The number of pyridine rings is 1. The highest BCUT2D eigenvalue weighted by atomic mass is 19.1. The van der Waals surface area contributed by atoms with Crippen molar-refractivity contribution in [2.75, 3.05) is 0 Å². The zero-order valence-corrected chi connectivity index (χ0v) is 10.6. The summed E-state index contributed by atoms with van der Waals surface area (Å²) < 4.78 is 18.2. The predicted molar refractivity (Wildman–Crippen MR) is 68.3 cm³/mol. The van der Waals surface area contributed by atoms with Crippen LogP contribution in [-0.4, -0.2) is 21.2 Å². The third-order valence-electron chi connectivity index (χ3n) is 2.82. The largest absolute Gasteiger partial charge is 0.505 e. The average Bonchev–Trinajstić information content (AvgIpc) is 2.42. The highest BCUT2D eigenvalue weighted by Gasteiger charge is 2.16. The van der Waals surface area contributed by atoms with Gasteiger partial charge in [-0.2, -0.15) is 0 Å². The number of benzene rings is 1. The molecular weight excluding hydrogens is 265 g/mol.